The molecule has 4 rings (SSSR count). The monoisotopic (exact) mass is 366 g/mol. The van der Waals surface area contributed by atoms with Crippen LogP contribution in [0.2, 0.25) is 0 Å². The van der Waals surface area contributed by atoms with Crippen molar-refractivity contribution in [3.63, 3.8) is 0 Å². The van der Waals surface area contributed by atoms with Crippen LogP contribution in [0.3, 0.4) is 0 Å². The second kappa shape index (κ2) is 7.51. The van der Waals surface area contributed by atoms with Gasteiger partial charge in [0.25, 0.3) is 0 Å². The van der Waals surface area contributed by atoms with Gasteiger partial charge in [-0.15, -0.1) is 0 Å². The van der Waals surface area contributed by atoms with Crippen LogP contribution in [0.5, 0.6) is 5.75 Å². The molecule has 1 fully saturated rings. The molecule has 3 unspecified atom stereocenters. The third-order valence-electron chi connectivity index (χ3n) is 5.62. The average Bonchev–Trinajstić information content (AvgIpc) is 3.54. The van der Waals surface area contributed by atoms with E-state index >= 15 is 0 Å². The van der Waals surface area contributed by atoms with Gasteiger partial charge in [0.05, 0.1) is 13.2 Å². The topological polar surface area (TPSA) is 59.6 Å². The average molecular weight is 366 g/mol. The Morgan fingerprint density at radius 1 is 1.19 bits per heavy atom. The molecule has 0 spiro atoms. The van der Waals surface area contributed by atoms with Crippen LogP contribution in [0.4, 0.5) is 10.5 Å². The lowest BCUT2D eigenvalue weighted by molar-refractivity contribution is 0.130. The maximum absolute atomic E-state index is 12.5. The minimum atomic E-state index is -0.388. The molecule has 0 saturated heterocycles. The number of amides is 1. The van der Waals surface area contributed by atoms with Gasteiger partial charge in [-0.2, -0.15) is 0 Å². The van der Waals surface area contributed by atoms with Gasteiger partial charge >= 0.3 is 6.09 Å². The zero-order valence-corrected chi connectivity index (χ0v) is 15.8. The number of hydrogen-bond donors (Lipinski definition) is 2. The Morgan fingerprint density at radius 2 is 1.96 bits per heavy atom. The van der Waals surface area contributed by atoms with E-state index in [2.05, 4.69) is 17.6 Å². The zero-order chi connectivity index (χ0) is 18.8. The molecule has 27 heavy (non-hydrogen) atoms. The second-order valence-electron chi connectivity index (χ2n) is 7.50. The van der Waals surface area contributed by atoms with Gasteiger partial charge in [-0.05, 0) is 42.5 Å². The van der Waals surface area contributed by atoms with Gasteiger partial charge < -0.3 is 20.1 Å². The normalized spacial score (nSPS) is 23.7. The third-order valence-corrected chi connectivity index (χ3v) is 5.62. The summed E-state index contributed by atoms with van der Waals surface area (Å²) in [5, 5.41) is 6.78. The highest BCUT2D eigenvalue weighted by molar-refractivity contribution is 5.70. The van der Waals surface area contributed by atoms with Gasteiger partial charge in [-0.3, -0.25) is 0 Å². The largest absolute Gasteiger partial charge is 0.497 e. The van der Waals surface area contributed by atoms with Gasteiger partial charge in [0.1, 0.15) is 12.4 Å². The van der Waals surface area contributed by atoms with E-state index in [1.54, 1.807) is 7.11 Å². The first kappa shape index (κ1) is 17.7. The van der Waals surface area contributed by atoms with Crippen molar-refractivity contribution in [3.8, 4) is 5.75 Å². The molecule has 0 radical (unpaired) electrons. The van der Waals surface area contributed by atoms with Crippen molar-refractivity contribution in [1.82, 2.24) is 5.32 Å². The molecule has 2 aliphatic rings. The van der Waals surface area contributed by atoms with E-state index in [1.807, 2.05) is 48.5 Å². The van der Waals surface area contributed by atoms with Crippen LogP contribution in [-0.2, 0) is 11.3 Å². The fraction of sp³-hybridized carbons (Fsp3) is 0.409. The summed E-state index contributed by atoms with van der Waals surface area (Å²) in [7, 11) is 1.66. The highest BCUT2D eigenvalue weighted by atomic mass is 16.5. The summed E-state index contributed by atoms with van der Waals surface area (Å²) in [6.07, 6.45) is 2.11. The predicted octanol–water partition coefficient (Wildman–Crippen LogP) is 4.50. The molecule has 5 heteroatoms. The summed E-state index contributed by atoms with van der Waals surface area (Å²) in [5.41, 5.74) is 3.10. The molecule has 1 amide bonds. The van der Waals surface area contributed by atoms with Crippen LogP contribution < -0.4 is 15.4 Å². The number of carbonyl (C=O) groups is 1. The minimum absolute atomic E-state index is 0.106. The van der Waals surface area contributed by atoms with Crippen molar-refractivity contribution in [3.05, 3.63) is 59.7 Å². The summed E-state index contributed by atoms with van der Waals surface area (Å²) >= 11 is 0. The van der Waals surface area contributed by atoms with Crippen molar-refractivity contribution in [2.24, 2.45) is 11.8 Å². The number of methoxy groups -OCH3 is 1. The quantitative estimate of drug-likeness (QED) is 0.818. The minimum Gasteiger partial charge on any atom is -0.497 e. The van der Waals surface area contributed by atoms with Gasteiger partial charge in [0, 0.05) is 23.2 Å². The van der Waals surface area contributed by atoms with E-state index in [-0.39, 0.29) is 24.7 Å². The number of nitrogens with one attached hydrogen (secondary N) is 2. The number of anilines is 1. The number of alkyl carbamates (subject to hydrolysis) is 1. The van der Waals surface area contributed by atoms with E-state index in [4.69, 9.17) is 9.47 Å². The van der Waals surface area contributed by atoms with E-state index in [1.165, 1.54) is 12.8 Å². The summed E-state index contributed by atoms with van der Waals surface area (Å²) < 4.78 is 10.8. The Morgan fingerprint density at radius 3 is 2.67 bits per heavy atom. The molecule has 1 saturated carbocycles. The molecule has 3 atom stereocenters. The van der Waals surface area contributed by atoms with E-state index in [0.717, 1.165) is 22.6 Å². The van der Waals surface area contributed by atoms with Gasteiger partial charge in [0.2, 0.25) is 0 Å². The number of benzene rings is 2. The Balaban J connectivity index is 1.51. The van der Waals surface area contributed by atoms with Crippen molar-refractivity contribution >= 4 is 11.8 Å². The fourth-order valence-electron chi connectivity index (χ4n) is 3.96. The summed E-state index contributed by atoms with van der Waals surface area (Å²) in [4.78, 5) is 12.5. The van der Waals surface area contributed by atoms with Crippen molar-refractivity contribution in [1.29, 1.82) is 0 Å². The van der Waals surface area contributed by atoms with Crippen LogP contribution in [0.25, 0.3) is 0 Å². The van der Waals surface area contributed by atoms with Crippen LogP contribution in [0.1, 0.15) is 36.9 Å². The summed E-state index contributed by atoms with van der Waals surface area (Å²) in [6.45, 7) is 2.46. The maximum atomic E-state index is 12.5. The van der Waals surface area contributed by atoms with Gasteiger partial charge in [-0.1, -0.05) is 37.3 Å². The molecule has 142 valence electrons. The van der Waals surface area contributed by atoms with Gasteiger partial charge in [0.15, 0.2) is 0 Å². The molecular formula is C22H26N2O3. The Hall–Kier alpha value is -2.69. The number of hydrogen-bond acceptors (Lipinski definition) is 4. The van der Waals surface area contributed by atoms with Crippen LogP contribution in [-0.4, -0.2) is 19.2 Å². The second-order valence-corrected chi connectivity index (χ2v) is 7.50. The molecular weight excluding hydrogens is 340 g/mol. The molecule has 5 nitrogen and oxygen atoms in total. The van der Waals surface area contributed by atoms with Crippen LogP contribution in [0, 0.1) is 11.8 Å². The smallest absolute Gasteiger partial charge is 0.407 e. The first-order valence-corrected chi connectivity index (χ1v) is 9.57. The van der Waals surface area contributed by atoms with E-state index in [0.29, 0.717) is 12.0 Å². The molecule has 1 aliphatic carbocycles. The highest BCUT2D eigenvalue weighted by Crippen LogP contribution is 2.46. The molecule has 1 heterocycles. The van der Waals surface area contributed by atoms with Crippen molar-refractivity contribution in [2.45, 2.75) is 38.5 Å². The Labute approximate surface area is 160 Å². The Kier molecular flexibility index (Phi) is 4.92. The lowest BCUT2D eigenvalue weighted by Gasteiger charge is -2.39. The lowest BCUT2D eigenvalue weighted by atomic mass is 9.81. The number of carbonyl (C=O) groups excluding carboxylic acids is 1. The fourth-order valence-corrected chi connectivity index (χ4v) is 3.96. The van der Waals surface area contributed by atoms with Gasteiger partial charge in [-0.25, -0.2) is 4.79 Å². The SMILES string of the molecule is COc1ccc2c(c1)C(NC(=O)OCc1ccccc1)C(C)C(C1CC1)N2. The molecule has 2 aromatic carbocycles. The highest BCUT2D eigenvalue weighted by Gasteiger charge is 2.42. The Bertz CT molecular complexity index is 804. The third kappa shape index (κ3) is 3.87. The number of ether oxygens (including phenoxy) is 2. The molecule has 2 aromatic rings. The zero-order valence-electron chi connectivity index (χ0n) is 15.8. The number of fused-ring (bicyclic) bond motifs is 1. The molecule has 0 bridgehead atoms. The number of rotatable bonds is 5. The lowest BCUT2D eigenvalue weighted by Crippen LogP contribution is -2.45. The molecule has 2 N–H and O–H groups in total. The summed E-state index contributed by atoms with van der Waals surface area (Å²) in [5.74, 6) is 1.73. The van der Waals surface area contributed by atoms with Crippen LogP contribution in [0.15, 0.2) is 48.5 Å². The van der Waals surface area contributed by atoms with E-state index in [9.17, 15) is 4.79 Å². The molecule has 0 aromatic heterocycles. The van der Waals surface area contributed by atoms with Crippen LogP contribution >= 0.6 is 0 Å². The standard InChI is InChI=1S/C22H26N2O3/c1-14-20(16-8-9-16)23-19-11-10-17(26-2)12-18(19)21(14)24-22(25)27-13-15-6-4-3-5-7-15/h3-7,10-12,14,16,20-21,23H,8-9,13H2,1-2H3,(H,24,25). The molecule has 1 aliphatic heterocycles. The maximum Gasteiger partial charge on any atom is 0.407 e. The van der Waals surface area contributed by atoms with Crippen molar-refractivity contribution < 1.29 is 14.3 Å². The predicted molar refractivity (Wildman–Crippen MR) is 105 cm³/mol. The summed E-state index contributed by atoms with van der Waals surface area (Å²) in [6, 6.07) is 16.0. The van der Waals surface area contributed by atoms with E-state index < -0.39 is 0 Å². The first-order chi connectivity index (χ1) is 13.2. The first-order valence-electron chi connectivity index (χ1n) is 9.57. The van der Waals surface area contributed by atoms with Crippen molar-refractivity contribution in [2.75, 3.05) is 12.4 Å².